The van der Waals surface area contributed by atoms with E-state index >= 15 is 0 Å². The quantitative estimate of drug-likeness (QED) is 0.535. The smallest absolute Gasteiger partial charge is 0.350 e. The van der Waals surface area contributed by atoms with Gasteiger partial charge in [-0.25, -0.2) is 4.79 Å². The van der Waals surface area contributed by atoms with E-state index < -0.39 is 5.97 Å². The summed E-state index contributed by atoms with van der Waals surface area (Å²) in [5.41, 5.74) is 0. The average Bonchev–Trinajstić information content (AvgIpc) is 2.14. The van der Waals surface area contributed by atoms with Gasteiger partial charge in [0, 0.05) is 0 Å². The van der Waals surface area contributed by atoms with Gasteiger partial charge in [0.25, 0.3) is 0 Å². The summed E-state index contributed by atoms with van der Waals surface area (Å²) in [5.74, 6) is -0.497. The lowest BCUT2D eigenvalue weighted by Gasteiger charge is -2.19. The van der Waals surface area contributed by atoms with Crippen LogP contribution < -0.4 is 0 Å². The Bertz CT molecular complexity index is 185. The van der Waals surface area contributed by atoms with Gasteiger partial charge in [0.15, 0.2) is 6.21 Å². The summed E-state index contributed by atoms with van der Waals surface area (Å²) in [6, 6.07) is 0. The van der Waals surface area contributed by atoms with Crippen molar-refractivity contribution in [2.24, 2.45) is 11.1 Å². The number of hydrogen-bond donors (Lipinski definition) is 1. The van der Waals surface area contributed by atoms with Gasteiger partial charge in [-0.1, -0.05) is 24.4 Å². The third kappa shape index (κ3) is 4.50. The number of hydrogen-bond acceptors (Lipinski definition) is 3. The molecule has 0 aromatic rings. The Labute approximate surface area is 77.6 Å². The molecule has 0 aromatic carbocycles. The third-order valence-corrected chi connectivity index (χ3v) is 2.27. The second-order valence-corrected chi connectivity index (χ2v) is 3.37. The van der Waals surface area contributed by atoms with E-state index in [4.69, 9.17) is 9.94 Å². The molecule has 1 aliphatic rings. The molecule has 0 saturated heterocycles. The molecular formula is C9H15NO3. The van der Waals surface area contributed by atoms with E-state index in [-0.39, 0.29) is 0 Å². The maximum absolute atomic E-state index is 10.0. The molecule has 0 amide bonds. The van der Waals surface area contributed by atoms with Crippen molar-refractivity contribution in [1.82, 2.24) is 0 Å². The Kier molecular flexibility index (Phi) is 4.29. The van der Waals surface area contributed by atoms with Crippen molar-refractivity contribution < 1.29 is 14.7 Å². The number of carbonyl (C=O) groups is 1. The largest absolute Gasteiger partial charge is 0.477 e. The Morgan fingerprint density at radius 2 is 2.15 bits per heavy atom. The Morgan fingerprint density at radius 3 is 2.77 bits per heavy atom. The van der Waals surface area contributed by atoms with Gasteiger partial charge in [-0.3, -0.25) is 0 Å². The highest BCUT2D eigenvalue weighted by molar-refractivity contribution is 6.21. The van der Waals surface area contributed by atoms with Crippen LogP contribution in [-0.4, -0.2) is 23.9 Å². The molecule has 0 radical (unpaired) electrons. The molecule has 0 heterocycles. The summed E-state index contributed by atoms with van der Waals surface area (Å²) < 4.78 is 0. The highest BCUT2D eigenvalue weighted by atomic mass is 16.6. The zero-order valence-electron chi connectivity index (χ0n) is 7.61. The van der Waals surface area contributed by atoms with Crippen LogP contribution in [0.5, 0.6) is 0 Å². The molecule has 0 atom stereocenters. The second kappa shape index (κ2) is 5.56. The molecule has 0 bridgehead atoms. The van der Waals surface area contributed by atoms with E-state index in [0.717, 1.165) is 6.21 Å². The average molecular weight is 185 g/mol. The van der Waals surface area contributed by atoms with Crippen LogP contribution in [0.2, 0.25) is 0 Å². The number of carboxylic acid groups (broad SMARTS) is 1. The topological polar surface area (TPSA) is 58.9 Å². The van der Waals surface area contributed by atoms with Crippen molar-refractivity contribution in [2.75, 3.05) is 6.61 Å². The second-order valence-electron chi connectivity index (χ2n) is 3.37. The van der Waals surface area contributed by atoms with E-state index in [2.05, 4.69) is 5.16 Å². The van der Waals surface area contributed by atoms with Crippen molar-refractivity contribution in [3.05, 3.63) is 0 Å². The number of rotatable bonds is 4. The number of nitrogens with zero attached hydrogens (tertiary/aromatic N) is 1. The molecule has 1 N–H and O–H groups in total. The van der Waals surface area contributed by atoms with Gasteiger partial charge in [0.1, 0.15) is 6.61 Å². The summed E-state index contributed by atoms with van der Waals surface area (Å²) in [4.78, 5) is 14.9. The SMILES string of the molecule is O=C(O)C=NOCC1CCCCC1. The van der Waals surface area contributed by atoms with Crippen LogP contribution in [0.15, 0.2) is 5.16 Å². The Balaban J connectivity index is 2.07. The van der Waals surface area contributed by atoms with E-state index in [1.807, 2.05) is 0 Å². The molecule has 1 saturated carbocycles. The van der Waals surface area contributed by atoms with Crippen LogP contribution >= 0.6 is 0 Å². The Morgan fingerprint density at radius 1 is 1.46 bits per heavy atom. The first kappa shape index (κ1) is 10.0. The molecule has 1 fully saturated rings. The molecule has 0 aliphatic heterocycles. The van der Waals surface area contributed by atoms with Gasteiger partial charge >= 0.3 is 5.97 Å². The predicted molar refractivity (Wildman–Crippen MR) is 48.7 cm³/mol. The molecule has 13 heavy (non-hydrogen) atoms. The maximum atomic E-state index is 10.0. The first-order chi connectivity index (χ1) is 6.29. The highest BCUT2D eigenvalue weighted by Gasteiger charge is 2.13. The van der Waals surface area contributed by atoms with Crippen LogP contribution in [0.25, 0.3) is 0 Å². The summed E-state index contributed by atoms with van der Waals surface area (Å²) in [5, 5.41) is 11.6. The minimum absolute atomic E-state index is 0.559. The van der Waals surface area contributed by atoms with Crippen molar-refractivity contribution in [2.45, 2.75) is 32.1 Å². The lowest BCUT2D eigenvalue weighted by molar-refractivity contribution is -0.129. The molecule has 0 aromatic heterocycles. The molecule has 4 heteroatoms. The van der Waals surface area contributed by atoms with Crippen molar-refractivity contribution in [3.8, 4) is 0 Å². The zero-order valence-corrected chi connectivity index (χ0v) is 7.61. The third-order valence-electron chi connectivity index (χ3n) is 2.27. The van der Waals surface area contributed by atoms with E-state index in [1.165, 1.54) is 32.1 Å². The van der Waals surface area contributed by atoms with Gasteiger partial charge in [0.05, 0.1) is 0 Å². The minimum atomic E-state index is -1.07. The van der Waals surface area contributed by atoms with Crippen molar-refractivity contribution in [3.63, 3.8) is 0 Å². The highest BCUT2D eigenvalue weighted by Crippen LogP contribution is 2.23. The van der Waals surface area contributed by atoms with Crippen LogP contribution in [0.3, 0.4) is 0 Å². The van der Waals surface area contributed by atoms with Gasteiger partial charge in [-0.2, -0.15) is 0 Å². The molecule has 0 spiro atoms. The normalized spacial score (nSPS) is 19.1. The summed E-state index contributed by atoms with van der Waals surface area (Å²) in [6.07, 6.45) is 6.98. The van der Waals surface area contributed by atoms with Crippen LogP contribution in [0.1, 0.15) is 32.1 Å². The van der Waals surface area contributed by atoms with Gasteiger partial charge < -0.3 is 9.94 Å². The Hall–Kier alpha value is -1.06. The standard InChI is InChI=1S/C9H15NO3/c11-9(12)6-10-13-7-8-4-2-1-3-5-8/h6,8H,1-5,7H2,(H,11,12). The van der Waals surface area contributed by atoms with Crippen molar-refractivity contribution in [1.29, 1.82) is 0 Å². The summed E-state index contributed by atoms with van der Waals surface area (Å²) in [6.45, 7) is 0.559. The minimum Gasteiger partial charge on any atom is -0.477 e. The van der Waals surface area contributed by atoms with E-state index in [9.17, 15) is 4.79 Å². The van der Waals surface area contributed by atoms with E-state index in [1.54, 1.807) is 0 Å². The summed E-state index contributed by atoms with van der Waals surface area (Å²) >= 11 is 0. The van der Waals surface area contributed by atoms with Gasteiger partial charge in [-0.05, 0) is 18.8 Å². The zero-order chi connectivity index (χ0) is 9.52. The molecule has 4 nitrogen and oxygen atoms in total. The fourth-order valence-electron chi connectivity index (χ4n) is 1.58. The molecular weight excluding hydrogens is 170 g/mol. The lowest BCUT2D eigenvalue weighted by Crippen LogP contribution is -2.12. The molecule has 1 rings (SSSR count). The number of carboxylic acids is 1. The maximum Gasteiger partial charge on any atom is 0.350 e. The van der Waals surface area contributed by atoms with Crippen LogP contribution in [0, 0.1) is 5.92 Å². The van der Waals surface area contributed by atoms with Crippen LogP contribution in [-0.2, 0) is 9.63 Å². The van der Waals surface area contributed by atoms with Gasteiger partial charge in [0.2, 0.25) is 0 Å². The fraction of sp³-hybridized carbons (Fsp3) is 0.778. The van der Waals surface area contributed by atoms with Crippen LogP contribution in [0.4, 0.5) is 0 Å². The first-order valence-electron chi connectivity index (χ1n) is 4.67. The lowest BCUT2D eigenvalue weighted by atomic mass is 9.90. The van der Waals surface area contributed by atoms with Crippen molar-refractivity contribution >= 4 is 12.2 Å². The summed E-state index contributed by atoms with van der Waals surface area (Å²) in [7, 11) is 0. The first-order valence-corrected chi connectivity index (χ1v) is 4.67. The fourth-order valence-corrected chi connectivity index (χ4v) is 1.58. The van der Waals surface area contributed by atoms with E-state index in [0.29, 0.717) is 12.5 Å². The predicted octanol–water partition coefficient (Wildman–Crippen LogP) is 1.65. The molecule has 0 unspecified atom stereocenters. The molecule has 1 aliphatic carbocycles. The number of oxime groups is 1. The monoisotopic (exact) mass is 185 g/mol. The number of aliphatic carboxylic acids is 1. The van der Waals surface area contributed by atoms with Gasteiger partial charge in [-0.15, -0.1) is 0 Å². The molecule has 74 valence electrons.